The lowest BCUT2D eigenvalue weighted by molar-refractivity contribution is -0.142. The van der Waals surface area contributed by atoms with E-state index in [1.54, 1.807) is 6.92 Å². The van der Waals surface area contributed by atoms with Crippen molar-refractivity contribution >= 4 is 12.3 Å². The van der Waals surface area contributed by atoms with Gasteiger partial charge in [-0.2, -0.15) is 0 Å². The zero-order valence-electron chi connectivity index (χ0n) is 10.4. The van der Waals surface area contributed by atoms with Crippen molar-refractivity contribution in [2.45, 2.75) is 33.1 Å². The fourth-order valence-electron chi connectivity index (χ4n) is 1.66. The molecule has 1 aromatic rings. The molecule has 92 valence electrons. The van der Waals surface area contributed by atoms with Crippen LogP contribution < -0.4 is 0 Å². The van der Waals surface area contributed by atoms with Crippen molar-refractivity contribution in [3.05, 3.63) is 34.9 Å². The van der Waals surface area contributed by atoms with Crippen LogP contribution in [0.15, 0.2) is 18.2 Å². The van der Waals surface area contributed by atoms with Gasteiger partial charge in [0.1, 0.15) is 6.29 Å². The molecule has 0 fully saturated rings. The van der Waals surface area contributed by atoms with E-state index in [9.17, 15) is 9.59 Å². The Hall–Kier alpha value is -1.64. The maximum atomic E-state index is 11.4. The van der Waals surface area contributed by atoms with E-state index in [1.165, 1.54) is 0 Å². The Kier molecular flexibility index (Phi) is 5.40. The summed E-state index contributed by atoms with van der Waals surface area (Å²) in [7, 11) is 0. The molecule has 0 aliphatic rings. The molecule has 1 rings (SSSR count). The molecule has 0 unspecified atom stereocenters. The molecule has 3 heteroatoms. The molecular weight excluding hydrogens is 216 g/mol. The third-order valence-corrected chi connectivity index (χ3v) is 2.60. The molecular formula is C14H18O3. The lowest BCUT2D eigenvalue weighted by atomic mass is 10.00. The van der Waals surface area contributed by atoms with Gasteiger partial charge in [0.05, 0.1) is 13.0 Å². The normalized spacial score (nSPS) is 10.0. The van der Waals surface area contributed by atoms with Crippen LogP contribution in [0.2, 0.25) is 0 Å². The molecule has 0 atom stereocenters. The second-order valence-corrected chi connectivity index (χ2v) is 3.95. The molecule has 0 spiro atoms. The summed E-state index contributed by atoms with van der Waals surface area (Å²) in [6.45, 7) is 4.17. The smallest absolute Gasteiger partial charge is 0.310 e. The third kappa shape index (κ3) is 4.39. The molecule has 0 radical (unpaired) electrons. The SMILES string of the molecule is CCOC(=O)Cc1cc(CCC=O)ccc1C. The standard InChI is InChI=1S/C14H18O3/c1-3-17-14(16)10-13-9-12(5-4-8-15)7-6-11(13)2/h6-9H,3-5,10H2,1-2H3. The molecule has 0 saturated heterocycles. The molecule has 0 aromatic heterocycles. The first-order valence-corrected chi connectivity index (χ1v) is 5.85. The zero-order chi connectivity index (χ0) is 12.7. The first kappa shape index (κ1) is 13.4. The van der Waals surface area contributed by atoms with E-state index in [0.29, 0.717) is 19.4 Å². The predicted octanol–water partition coefficient (Wildman–Crippen LogP) is 2.23. The van der Waals surface area contributed by atoms with E-state index < -0.39 is 0 Å². The average molecular weight is 234 g/mol. The largest absolute Gasteiger partial charge is 0.466 e. The van der Waals surface area contributed by atoms with Crippen molar-refractivity contribution in [3.8, 4) is 0 Å². The minimum absolute atomic E-state index is 0.205. The minimum atomic E-state index is -0.205. The number of rotatable bonds is 6. The van der Waals surface area contributed by atoms with E-state index in [1.807, 2.05) is 25.1 Å². The molecule has 17 heavy (non-hydrogen) atoms. The predicted molar refractivity (Wildman–Crippen MR) is 65.9 cm³/mol. The van der Waals surface area contributed by atoms with Gasteiger partial charge in [0.2, 0.25) is 0 Å². The summed E-state index contributed by atoms with van der Waals surface area (Å²) in [6, 6.07) is 5.96. The molecule has 3 nitrogen and oxygen atoms in total. The highest BCUT2D eigenvalue weighted by molar-refractivity contribution is 5.73. The van der Waals surface area contributed by atoms with Crippen LogP contribution in [-0.4, -0.2) is 18.9 Å². The van der Waals surface area contributed by atoms with Crippen molar-refractivity contribution in [1.29, 1.82) is 0 Å². The fourth-order valence-corrected chi connectivity index (χ4v) is 1.66. The summed E-state index contributed by atoms with van der Waals surface area (Å²) in [6.07, 6.45) is 2.45. The van der Waals surface area contributed by atoms with E-state index in [-0.39, 0.29) is 5.97 Å². The average Bonchev–Trinajstić information content (AvgIpc) is 2.30. The van der Waals surface area contributed by atoms with Gasteiger partial charge >= 0.3 is 5.97 Å². The van der Waals surface area contributed by atoms with Gasteiger partial charge in [0, 0.05) is 6.42 Å². The van der Waals surface area contributed by atoms with Crippen LogP contribution in [0.1, 0.15) is 30.0 Å². The maximum Gasteiger partial charge on any atom is 0.310 e. The van der Waals surface area contributed by atoms with Gasteiger partial charge in [-0.1, -0.05) is 18.2 Å². The van der Waals surface area contributed by atoms with Crippen LogP contribution in [0, 0.1) is 6.92 Å². The quantitative estimate of drug-likeness (QED) is 0.560. The molecule has 0 heterocycles. The van der Waals surface area contributed by atoms with Crippen LogP contribution in [0.5, 0.6) is 0 Å². The number of hydrogen-bond donors (Lipinski definition) is 0. The number of aldehydes is 1. The van der Waals surface area contributed by atoms with Gasteiger partial charge in [-0.05, 0) is 37.0 Å². The van der Waals surface area contributed by atoms with Crippen LogP contribution in [-0.2, 0) is 27.2 Å². The second kappa shape index (κ2) is 6.84. The van der Waals surface area contributed by atoms with Gasteiger partial charge in [-0.15, -0.1) is 0 Å². The molecule has 1 aromatic carbocycles. The summed E-state index contributed by atoms with van der Waals surface area (Å²) in [5.41, 5.74) is 3.14. The monoisotopic (exact) mass is 234 g/mol. The van der Waals surface area contributed by atoms with Gasteiger partial charge in [0.25, 0.3) is 0 Å². The van der Waals surface area contributed by atoms with Crippen LogP contribution >= 0.6 is 0 Å². The zero-order valence-corrected chi connectivity index (χ0v) is 10.4. The number of carbonyl (C=O) groups excluding carboxylic acids is 2. The fraction of sp³-hybridized carbons (Fsp3) is 0.429. The van der Waals surface area contributed by atoms with Gasteiger partial charge in [-0.3, -0.25) is 4.79 Å². The summed E-state index contributed by atoms with van der Waals surface area (Å²) in [4.78, 5) is 21.7. The van der Waals surface area contributed by atoms with E-state index in [0.717, 1.165) is 29.4 Å². The summed E-state index contributed by atoms with van der Waals surface area (Å²) < 4.78 is 4.93. The van der Waals surface area contributed by atoms with Crippen molar-refractivity contribution in [2.24, 2.45) is 0 Å². The van der Waals surface area contributed by atoms with Crippen LogP contribution in [0.25, 0.3) is 0 Å². The van der Waals surface area contributed by atoms with E-state index in [2.05, 4.69) is 0 Å². The summed E-state index contributed by atoms with van der Waals surface area (Å²) in [5, 5.41) is 0. The van der Waals surface area contributed by atoms with Gasteiger partial charge in [-0.25, -0.2) is 0 Å². The molecule has 0 amide bonds. The second-order valence-electron chi connectivity index (χ2n) is 3.95. The first-order chi connectivity index (χ1) is 8.17. The Morgan fingerprint density at radius 3 is 2.82 bits per heavy atom. The number of benzene rings is 1. The lowest BCUT2D eigenvalue weighted by Crippen LogP contribution is -2.08. The molecule has 0 aliphatic heterocycles. The lowest BCUT2D eigenvalue weighted by Gasteiger charge is -2.08. The Labute approximate surface area is 102 Å². The van der Waals surface area contributed by atoms with Crippen molar-refractivity contribution in [1.82, 2.24) is 0 Å². The number of ether oxygens (including phenoxy) is 1. The highest BCUT2D eigenvalue weighted by Crippen LogP contribution is 2.13. The first-order valence-electron chi connectivity index (χ1n) is 5.85. The third-order valence-electron chi connectivity index (χ3n) is 2.60. The Balaban J connectivity index is 2.75. The Bertz CT molecular complexity index is 396. The molecule has 0 saturated carbocycles. The number of esters is 1. The van der Waals surface area contributed by atoms with Crippen LogP contribution in [0.3, 0.4) is 0 Å². The molecule has 0 N–H and O–H groups in total. The highest BCUT2D eigenvalue weighted by atomic mass is 16.5. The van der Waals surface area contributed by atoms with Crippen molar-refractivity contribution < 1.29 is 14.3 Å². The van der Waals surface area contributed by atoms with Crippen LogP contribution in [0.4, 0.5) is 0 Å². The number of aryl methyl sites for hydroxylation is 2. The van der Waals surface area contributed by atoms with Gasteiger partial charge < -0.3 is 9.53 Å². The number of hydrogen-bond acceptors (Lipinski definition) is 3. The maximum absolute atomic E-state index is 11.4. The van der Waals surface area contributed by atoms with Gasteiger partial charge in [0.15, 0.2) is 0 Å². The Morgan fingerprint density at radius 1 is 1.41 bits per heavy atom. The molecule has 0 aliphatic carbocycles. The van der Waals surface area contributed by atoms with Crippen molar-refractivity contribution in [2.75, 3.05) is 6.61 Å². The topological polar surface area (TPSA) is 43.4 Å². The van der Waals surface area contributed by atoms with E-state index in [4.69, 9.17) is 4.74 Å². The minimum Gasteiger partial charge on any atom is -0.466 e. The van der Waals surface area contributed by atoms with Crippen molar-refractivity contribution in [3.63, 3.8) is 0 Å². The Morgan fingerprint density at radius 2 is 2.18 bits per heavy atom. The summed E-state index contributed by atoms with van der Waals surface area (Å²) >= 11 is 0. The summed E-state index contributed by atoms with van der Waals surface area (Å²) in [5.74, 6) is -0.205. The van der Waals surface area contributed by atoms with E-state index >= 15 is 0 Å². The highest BCUT2D eigenvalue weighted by Gasteiger charge is 2.07. The molecule has 0 bridgehead atoms. The number of carbonyl (C=O) groups is 2.